The zero-order valence-corrected chi connectivity index (χ0v) is 17.8. The van der Waals surface area contributed by atoms with Crippen LogP contribution >= 0.6 is 0 Å². The van der Waals surface area contributed by atoms with Crippen LogP contribution in [-0.2, 0) is 9.47 Å². The summed E-state index contributed by atoms with van der Waals surface area (Å²) in [5, 5.41) is 84.9. The van der Waals surface area contributed by atoms with Gasteiger partial charge in [0, 0.05) is 17.6 Å². The monoisotopic (exact) mass is 469 g/mol. The summed E-state index contributed by atoms with van der Waals surface area (Å²) in [4.78, 5) is 0. The van der Waals surface area contributed by atoms with Crippen LogP contribution in [0.1, 0.15) is 0 Å². The van der Waals surface area contributed by atoms with Crippen molar-refractivity contribution in [3.05, 3.63) is 42.5 Å². The molecule has 0 amide bonds. The predicted octanol–water partition coefficient (Wildman–Crippen LogP) is -2.49. The quantitative estimate of drug-likeness (QED) is 0.179. The largest absolute Gasteiger partial charge is 0.394 e. The molecule has 1 aliphatic rings. The zero-order valence-electron chi connectivity index (χ0n) is 17.8. The van der Waals surface area contributed by atoms with E-state index in [0.29, 0.717) is 5.69 Å². The SMILES string of the molecule is OC[C@@H](O)[C@@H](O[C@@H]1O[C@H](CO)[C@H](O)[C@H](O)[C@H]1O)[C@H](O)[C@@H](O)CNc1cccc2ccccc12. The van der Waals surface area contributed by atoms with Crippen LogP contribution in [0.3, 0.4) is 0 Å². The molecule has 0 unspecified atom stereocenters. The third kappa shape index (κ3) is 5.78. The first kappa shape index (κ1) is 25.7. The van der Waals surface area contributed by atoms with Gasteiger partial charge in [0.05, 0.1) is 19.3 Å². The van der Waals surface area contributed by atoms with Crippen LogP contribution in [-0.4, -0.2) is 116 Å². The van der Waals surface area contributed by atoms with Gasteiger partial charge in [0.1, 0.15) is 42.7 Å². The minimum atomic E-state index is -1.78. The second kappa shape index (κ2) is 11.5. The summed E-state index contributed by atoms with van der Waals surface area (Å²) in [7, 11) is 0. The van der Waals surface area contributed by atoms with E-state index in [2.05, 4.69) is 5.32 Å². The van der Waals surface area contributed by atoms with Crippen molar-refractivity contribution in [2.45, 2.75) is 55.1 Å². The lowest BCUT2D eigenvalue weighted by atomic mass is 9.98. The summed E-state index contributed by atoms with van der Waals surface area (Å²) < 4.78 is 10.6. The molecule has 9 atom stereocenters. The van der Waals surface area contributed by atoms with Crippen molar-refractivity contribution >= 4 is 16.5 Å². The van der Waals surface area contributed by atoms with Crippen molar-refractivity contribution in [3.63, 3.8) is 0 Å². The van der Waals surface area contributed by atoms with Gasteiger partial charge in [-0.25, -0.2) is 0 Å². The second-order valence-corrected chi connectivity index (χ2v) is 8.01. The Kier molecular flexibility index (Phi) is 8.95. The highest BCUT2D eigenvalue weighted by atomic mass is 16.7. The topological polar surface area (TPSA) is 192 Å². The molecule has 0 bridgehead atoms. The van der Waals surface area contributed by atoms with Gasteiger partial charge >= 0.3 is 0 Å². The van der Waals surface area contributed by atoms with Gasteiger partial charge < -0.3 is 55.6 Å². The first-order valence-corrected chi connectivity index (χ1v) is 10.6. The van der Waals surface area contributed by atoms with Crippen LogP contribution in [0.5, 0.6) is 0 Å². The third-order valence-corrected chi connectivity index (χ3v) is 5.73. The molecular formula is C22H31NO10. The Balaban J connectivity index is 1.70. The number of anilines is 1. The van der Waals surface area contributed by atoms with Gasteiger partial charge in [0.25, 0.3) is 0 Å². The summed E-state index contributed by atoms with van der Waals surface area (Å²) in [5.74, 6) is 0. The van der Waals surface area contributed by atoms with Gasteiger partial charge in [-0.1, -0.05) is 36.4 Å². The van der Waals surface area contributed by atoms with E-state index in [0.717, 1.165) is 10.8 Å². The average molecular weight is 469 g/mol. The maximum absolute atomic E-state index is 10.6. The van der Waals surface area contributed by atoms with Gasteiger partial charge in [0.15, 0.2) is 6.29 Å². The number of aliphatic hydroxyl groups excluding tert-OH is 8. The molecule has 9 N–H and O–H groups in total. The van der Waals surface area contributed by atoms with E-state index in [1.807, 2.05) is 36.4 Å². The summed E-state index contributed by atoms with van der Waals surface area (Å²) in [6, 6.07) is 13.1. The number of ether oxygens (including phenoxy) is 2. The molecule has 33 heavy (non-hydrogen) atoms. The van der Waals surface area contributed by atoms with E-state index in [1.165, 1.54) is 0 Å². The molecule has 0 saturated carbocycles. The van der Waals surface area contributed by atoms with Gasteiger partial charge in [-0.2, -0.15) is 0 Å². The van der Waals surface area contributed by atoms with Crippen LogP contribution in [0.25, 0.3) is 10.8 Å². The van der Waals surface area contributed by atoms with Crippen LogP contribution in [0.15, 0.2) is 42.5 Å². The molecule has 0 aromatic heterocycles. The smallest absolute Gasteiger partial charge is 0.187 e. The van der Waals surface area contributed by atoms with Crippen molar-refractivity contribution in [3.8, 4) is 0 Å². The molecule has 0 aliphatic carbocycles. The predicted molar refractivity (Wildman–Crippen MR) is 116 cm³/mol. The normalized spacial score (nSPS) is 29.4. The van der Waals surface area contributed by atoms with Crippen molar-refractivity contribution in [2.24, 2.45) is 0 Å². The van der Waals surface area contributed by atoms with Crippen molar-refractivity contribution < 1.29 is 50.3 Å². The molecule has 1 saturated heterocycles. The fourth-order valence-electron chi connectivity index (χ4n) is 3.77. The first-order valence-electron chi connectivity index (χ1n) is 10.6. The van der Waals surface area contributed by atoms with Gasteiger partial charge in [-0.05, 0) is 11.5 Å². The standard InChI is InChI=1S/C22H31NO10/c24-9-15(27)21(33-22-20(31)19(30)18(29)16(10-25)32-22)17(28)14(26)8-23-13-7-3-5-11-4-1-2-6-12(11)13/h1-7,14-31H,8-10H2/t14-,15+,16+,17+,18-,19-,20+,21+,22-/m0/s1. The fraction of sp³-hybridized carbons (Fsp3) is 0.545. The maximum Gasteiger partial charge on any atom is 0.187 e. The number of aliphatic hydroxyl groups is 8. The lowest BCUT2D eigenvalue weighted by molar-refractivity contribution is -0.326. The summed E-state index contributed by atoms with van der Waals surface area (Å²) in [5.41, 5.74) is 0.702. The molecule has 1 fully saturated rings. The number of rotatable bonds is 10. The molecule has 1 heterocycles. The first-order chi connectivity index (χ1) is 15.8. The Labute approximate surface area is 190 Å². The molecule has 0 spiro atoms. The number of nitrogens with one attached hydrogen (secondary N) is 1. The minimum Gasteiger partial charge on any atom is -0.394 e. The summed E-state index contributed by atoms with van der Waals surface area (Å²) in [6.45, 7) is -1.69. The average Bonchev–Trinajstić information content (AvgIpc) is 2.84. The van der Waals surface area contributed by atoms with E-state index >= 15 is 0 Å². The van der Waals surface area contributed by atoms with Crippen molar-refractivity contribution in [1.29, 1.82) is 0 Å². The second-order valence-electron chi connectivity index (χ2n) is 8.01. The van der Waals surface area contributed by atoms with Crippen LogP contribution < -0.4 is 5.32 Å². The fourth-order valence-corrected chi connectivity index (χ4v) is 3.77. The van der Waals surface area contributed by atoms with E-state index in [9.17, 15) is 40.9 Å². The van der Waals surface area contributed by atoms with E-state index in [1.54, 1.807) is 6.07 Å². The molecule has 184 valence electrons. The van der Waals surface area contributed by atoms with E-state index < -0.39 is 68.3 Å². The number of fused-ring (bicyclic) bond motifs is 1. The summed E-state index contributed by atoms with van der Waals surface area (Å²) >= 11 is 0. The highest BCUT2D eigenvalue weighted by Crippen LogP contribution is 2.26. The molecule has 3 rings (SSSR count). The Morgan fingerprint density at radius 1 is 0.879 bits per heavy atom. The van der Waals surface area contributed by atoms with E-state index in [4.69, 9.17) is 9.47 Å². The van der Waals surface area contributed by atoms with Gasteiger partial charge in [0.2, 0.25) is 0 Å². The third-order valence-electron chi connectivity index (χ3n) is 5.73. The molecule has 11 nitrogen and oxygen atoms in total. The Hall–Kier alpha value is -1.90. The Bertz CT molecular complexity index is 878. The Morgan fingerprint density at radius 3 is 2.27 bits per heavy atom. The maximum atomic E-state index is 10.6. The molecule has 1 aliphatic heterocycles. The number of benzene rings is 2. The molecule has 0 radical (unpaired) electrons. The zero-order chi connectivity index (χ0) is 24.1. The minimum absolute atomic E-state index is 0.151. The Morgan fingerprint density at radius 2 is 1.58 bits per heavy atom. The highest BCUT2D eigenvalue weighted by molar-refractivity contribution is 5.93. The number of hydrogen-bond donors (Lipinski definition) is 9. The molecule has 2 aromatic rings. The lowest BCUT2D eigenvalue weighted by Gasteiger charge is -2.42. The van der Waals surface area contributed by atoms with Crippen molar-refractivity contribution in [1.82, 2.24) is 0 Å². The molecule has 2 aromatic carbocycles. The molecule has 11 heteroatoms. The van der Waals surface area contributed by atoms with Gasteiger partial charge in [-0.15, -0.1) is 0 Å². The number of hydrogen-bond acceptors (Lipinski definition) is 11. The highest BCUT2D eigenvalue weighted by Gasteiger charge is 2.46. The lowest BCUT2D eigenvalue weighted by Crippen LogP contribution is -2.61. The summed E-state index contributed by atoms with van der Waals surface area (Å²) in [6.07, 6.45) is -14.6. The van der Waals surface area contributed by atoms with Gasteiger partial charge in [-0.3, -0.25) is 0 Å². The van der Waals surface area contributed by atoms with Crippen LogP contribution in [0, 0.1) is 0 Å². The van der Waals surface area contributed by atoms with E-state index in [-0.39, 0.29) is 6.54 Å². The van der Waals surface area contributed by atoms with Crippen molar-refractivity contribution in [2.75, 3.05) is 25.1 Å². The van der Waals surface area contributed by atoms with Crippen LogP contribution in [0.4, 0.5) is 5.69 Å². The van der Waals surface area contributed by atoms with Crippen LogP contribution in [0.2, 0.25) is 0 Å². The molecular weight excluding hydrogens is 438 g/mol.